The molecule has 0 spiro atoms. The van der Waals surface area contributed by atoms with Gasteiger partial charge in [-0.3, -0.25) is 10.2 Å². The van der Waals surface area contributed by atoms with Gasteiger partial charge in [0, 0.05) is 12.1 Å². The Morgan fingerprint density at radius 3 is 2.56 bits per heavy atom. The van der Waals surface area contributed by atoms with Crippen LogP contribution in [0, 0.1) is 5.82 Å². The maximum Gasteiger partial charge on any atom is 0.261 e. The predicted octanol–water partition coefficient (Wildman–Crippen LogP) is 4.20. The minimum atomic E-state index is -0.182. The number of benzene rings is 2. The Kier molecular flexibility index (Phi) is 5.35. The van der Waals surface area contributed by atoms with Crippen LogP contribution in [-0.4, -0.2) is 23.5 Å². The molecule has 1 aliphatic heterocycles. The molecule has 3 nitrogen and oxygen atoms in total. The van der Waals surface area contributed by atoms with E-state index in [2.05, 4.69) is 29.7 Å². The molecule has 0 saturated heterocycles. The first-order valence-corrected chi connectivity index (χ1v) is 9.79. The molecule has 0 fully saturated rings. The number of nitrogens with one attached hydrogen (secondary N) is 1. The number of carbonyl (C=O) groups is 1. The van der Waals surface area contributed by atoms with E-state index >= 15 is 0 Å². The summed E-state index contributed by atoms with van der Waals surface area (Å²) in [5, 5.41) is 2.03. The average molecular weight is 364 g/mol. The highest BCUT2D eigenvalue weighted by molar-refractivity contribution is 5.95. The molecule has 1 unspecified atom stereocenters. The van der Waals surface area contributed by atoms with Crippen LogP contribution in [-0.2, 0) is 17.6 Å². The van der Waals surface area contributed by atoms with Gasteiger partial charge in [0.05, 0.1) is 6.04 Å². The Morgan fingerprint density at radius 2 is 1.74 bits per heavy atom. The van der Waals surface area contributed by atoms with Gasteiger partial charge in [0.15, 0.2) is 0 Å². The van der Waals surface area contributed by atoms with Gasteiger partial charge in [0.2, 0.25) is 0 Å². The summed E-state index contributed by atoms with van der Waals surface area (Å²) in [6.45, 7) is 0.598. The molecule has 0 bridgehead atoms. The van der Waals surface area contributed by atoms with E-state index in [1.807, 2.05) is 23.2 Å². The van der Waals surface area contributed by atoms with Crippen LogP contribution in [0.1, 0.15) is 36.8 Å². The first-order chi connectivity index (χ1) is 13.2. The zero-order valence-electron chi connectivity index (χ0n) is 15.5. The van der Waals surface area contributed by atoms with E-state index < -0.39 is 0 Å². The summed E-state index contributed by atoms with van der Waals surface area (Å²) in [5.41, 5.74) is 7.29. The largest absolute Gasteiger partial charge is 0.284 e. The number of halogens is 1. The summed E-state index contributed by atoms with van der Waals surface area (Å²) < 4.78 is 14.0. The van der Waals surface area contributed by atoms with Crippen molar-refractivity contribution in [3.05, 3.63) is 82.7 Å². The molecular formula is C23H25FN2O. The van der Waals surface area contributed by atoms with E-state index in [4.69, 9.17) is 0 Å². The number of hydrogen-bond acceptors (Lipinski definition) is 2. The first kappa shape index (κ1) is 17.9. The zero-order chi connectivity index (χ0) is 18.6. The molecule has 0 aromatic heterocycles. The number of amides is 1. The second-order valence-electron chi connectivity index (χ2n) is 7.39. The first-order valence-electron chi connectivity index (χ1n) is 9.79. The topological polar surface area (TPSA) is 32.3 Å². The molecule has 2 aromatic rings. The smallest absolute Gasteiger partial charge is 0.261 e. The summed E-state index contributed by atoms with van der Waals surface area (Å²) in [4.78, 5) is 12.6. The Labute approximate surface area is 159 Å². The van der Waals surface area contributed by atoms with E-state index in [0.29, 0.717) is 18.5 Å². The van der Waals surface area contributed by atoms with Gasteiger partial charge in [-0.2, -0.15) is 0 Å². The van der Waals surface area contributed by atoms with Crippen LogP contribution in [0.3, 0.4) is 0 Å². The average Bonchev–Trinajstić information content (AvgIpc) is 2.71. The van der Waals surface area contributed by atoms with Crippen molar-refractivity contribution in [1.29, 1.82) is 0 Å². The monoisotopic (exact) mass is 364 g/mol. The van der Waals surface area contributed by atoms with Crippen LogP contribution >= 0.6 is 0 Å². The Morgan fingerprint density at radius 1 is 1.00 bits per heavy atom. The second kappa shape index (κ2) is 8.05. The fraction of sp³-hybridized carbons (Fsp3) is 0.348. The number of nitrogens with zero attached hydrogens (tertiary/aromatic N) is 1. The minimum absolute atomic E-state index is 0.0301. The van der Waals surface area contributed by atoms with Gasteiger partial charge in [-0.15, -0.1) is 0 Å². The molecule has 1 atom stereocenters. The fourth-order valence-corrected chi connectivity index (χ4v) is 4.24. The molecule has 4 rings (SSSR count). The van der Waals surface area contributed by atoms with Crippen molar-refractivity contribution in [1.82, 2.24) is 10.4 Å². The van der Waals surface area contributed by atoms with Crippen LogP contribution < -0.4 is 5.43 Å². The standard InChI is InChI=1S/C23H25FN2O/c24-21-13-7-4-10-18(21)14-15-26-22(16-17-8-2-1-3-9-17)19-11-5-6-12-20(19)23(27)25-26/h1-4,7-10,13,22H,5-6,11-12,14-16H2,(H,25,27). The number of hydrogen-bond donors (Lipinski definition) is 1. The summed E-state index contributed by atoms with van der Waals surface area (Å²) in [6.07, 6.45) is 5.50. The lowest BCUT2D eigenvalue weighted by Crippen LogP contribution is -2.55. The maximum atomic E-state index is 14.0. The van der Waals surface area contributed by atoms with Crippen LogP contribution in [0.4, 0.5) is 4.39 Å². The van der Waals surface area contributed by atoms with Gasteiger partial charge in [-0.1, -0.05) is 48.5 Å². The molecular weight excluding hydrogens is 339 g/mol. The van der Waals surface area contributed by atoms with Crippen molar-refractivity contribution in [3.8, 4) is 0 Å². The van der Waals surface area contributed by atoms with E-state index in [9.17, 15) is 9.18 Å². The van der Waals surface area contributed by atoms with E-state index in [0.717, 1.165) is 37.7 Å². The molecule has 0 saturated carbocycles. The normalized spacial score (nSPS) is 20.3. The van der Waals surface area contributed by atoms with Gasteiger partial charge in [-0.25, -0.2) is 9.40 Å². The third kappa shape index (κ3) is 3.96. The second-order valence-corrected chi connectivity index (χ2v) is 7.39. The van der Waals surface area contributed by atoms with Crippen molar-refractivity contribution in [2.24, 2.45) is 0 Å². The number of hydrazine groups is 1. The van der Waals surface area contributed by atoms with Crippen LogP contribution in [0.2, 0.25) is 0 Å². The van der Waals surface area contributed by atoms with E-state index in [1.165, 1.54) is 17.2 Å². The molecule has 140 valence electrons. The fourth-order valence-electron chi connectivity index (χ4n) is 4.24. The Balaban J connectivity index is 1.59. The van der Waals surface area contributed by atoms with Crippen LogP contribution in [0.25, 0.3) is 0 Å². The summed E-state index contributed by atoms with van der Waals surface area (Å²) in [7, 11) is 0. The summed E-state index contributed by atoms with van der Waals surface area (Å²) in [6, 6.07) is 17.4. The van der Waals surface area contributed by atoms with E-state index in [1.54, 1.807) is 6.07 Å². The molecule has 2 aromatic carbocycles. The molecule has 1 aliphatic carbocycles. The summed E-state index contributed by atoms with van der Waals surface area (Å²) in [5.74, 6) is -0.152. The molecule has 0 radical (unpaired) electrons. The van der Waals surface area contributed by atoms with Crippen LogP contribution in [0.15, 0.2) is 65.7 Å². The van der Waals surface area contributed by atoms with Gasteiger partial charge in [0.25, 0.3) is 5.91 Å². The highest BCUT2D eigenvalue weighted by Crippen LogP contribution is 2.33. The van der Waals surface area contributed by atoms with Crippen LogP contribution in [0.5, 0.6) is 0 Å². The van der Waals surface area contributed by atoms with Gasteiger partial charge >= 0.3 is 0 Å². The molecule has 1 heterocycles. The summed E-state index contributed by atoms with van der Waals surface area (Å²) >= 11 is 0. The van der Waals surface area contributed by atoms with Crippen molar-refractivity contribution in [2.75, 3.05) is 6.54 Å². The highest BCUT2D eigenvalue weighted by Gasteiger charge is 2.34. The third-order valence-electron chi connectivity index (χ3n) is 5.66. The maximum absolute atomic E-state index is 14.0. The highest BCUT2D eigenvalue weighted by atomic mass is 19.1. The van der Waals surface area contributed by atoms with Gasteiger partial charge in [-0.05, 0) is 61.3 Å². The predicted molar refractivity (Wildman–Crippen MR) is 104 cm³/mol. The van der Waals surface area contributed by atoms with Crippen molar-refractivity contribution >= 4 is 5.91 Å². The number of rotatable bonds is 5. The van der Waals surface area contributed by atoms with Crippen molar-refractivity contribution in [2.45, 2.75) is 44.6 Å². The third-order valence-corrected chi connectivity index (χ3v) is 5.66. The molecule has 1 amide bonds. The minimum Gasteiger partial charge on any atom is -0.284 e. The van der Waals surface area contributed by atoms with Crippen molar-refractivity contribution < 1.29 is 9.18 Å². The quantitative estimate of drug-likeness (QED) is 0.862. The molecule has 27 heavy (non-hydrogen) atoms. The molecule has 1 N–H and O–H groups in total. The lowest BCUT2D eigenvalue weighted by atomic mass is 9.83. The van der Waals surface area contributed by atoms with Crippen molar-refractivity contribution in [3.63, 3.8) is 0 Å². The SMILES string of the molecule is O=C1NN(CCc2ccccc2F)C(Cc2ccccc2)C2=C1CCCC2. The van der Waals surface area contributed by atoms with E-state index in [-0.39, 0.29) is 17.8 Å². The van der Waals surface area contributed by atoms with Gasteiger partial charge < -0.3 is 0 Å². The molecule has 2 aliphatic rings. The Hall–Kier alpha value is -2.46. The molecule has 4 heteroatoms. The lowest BCUT2D eigenvalue weighted by Gasteiger charge is -2.40. The zero-order valence-corrected chi connectivity index (χ0v) is 15.5. The van der Waals surface area contributed by atoms with Gasteiger partial charge in [0.1, 0.15) is 5.82 Å². The lowest BCUT2D eigenvalue weighted by molar-refractivity contribution is -0.124. The Bertz CT molecular complexity index is 846. The number of carbonyl (C=O) groups excluding carboxylic acids is 1.